The third-order valence-corrected chi connectivity index (χ3v) is 4.76. The quantitative estimate of drug-likeness (QED) is 0.161. The van der Waals surface area contributed by atoms with Crippen molar-refractivity contribution in [3.8, 4) is 5.75 Å². The van der Waals surface area contributed by atoms with E-state index in [1.165, 1.54) is 17.7 Å². The summed E-state index contributed by atoms with van der Waals surface area (Å²) in [5.74, 6) is 0.568. The molecule has 2 aromatic carbocycles. The van der Waals surface area contributed by atoms with Gasteiger partial charge in [0, 0.05) is 31.4 Å². The number of phenolic OH excluding ortho intramolecular Hbond substituents is 1. The summed E-state index contributed by atoms with van der Waals surface area (Å²) in [4.78, 5) is 18.8. The predicted octanol–water partition coefficient (Wildman–Crippen LogP) is 3.41. The second-order valence-electron chi connectivity index (χ2n) is 7.26. The zero-order valence-corrected chi connectivity index (χ0v) is 20.8. The van der Waals surface area contributed by atoms with Gasteiger partial charge in [-0.25, -0.2) is 4.99 Å². The molecule has 0 aliphatic heterocycles. The van der Waals surface area contributed by atoms with Gasteiger partial charge in [-0.1, -0.05) is 30.3 Å². The molecule has 1 unspecified atom stereocenters. The number of halogens is 1. The van der Waals surface area contributed by atoms with E-state index in [1.54, 1.807) is 12.1 Å². The van der Waals surface area contributed by atoms with Crippen LogP contribution in [0, 0.1) is 0 Å². The van der Waals surface area contributed by atoms with Gasteiger partial charge in [0.25, 0.3) is 0 Å². The lowest BCUT2D eigenvalue weighted by atomic mass is 10.1. The molecule has 31 heavy (non-hydrogen) atoms. The van der Waals surface area contributed by atoms with Crippen molar-refractivity contribution in [1.82, 2.24) is 15.5 Å². The van der Waals surface area contributed by atoms with Gasteiger partial charge in [0.2, 0.25) is 5.91 Å². The van der Waals surface area contributed by atoms with Gasteiger partial charge in [-0.05, 0) is 57.1 Å². The van der Waals surface area contributed by atoms with Crippen LogP contribution in [-0.4, -0.2) is 54.6 Å². The summed E-state index contributed by atoms with van der Waals surface area (Å²) in [6, 6.07) is 17.2. The highest BCUT2D eigenvalue weighted by Gasteiger charge is 2.10. The van der Waals surface area contributed by atoms with Crippen LogP contribution in [0.2, 0.25) is 0 Å². The number of benzene rings is 2. The van der Waals surface area contributed by atoms with Crippen molar-refractivity contribution in [3.63, 3.8) is 0 Å². The topological polar surface area (TPSA) is 89.0 Å². The highest BCUT2D eigenvalue weighted by molar-refractivity contribution is 14.0. The summed E-state index contributed by atoms with van der Waals surface area (Å²) in [7, 11) is 2.13. The molecular formula is C23H34IN5O2. The Hall–Kier alpha value is -2.33. The Kier molecular flexibility index (Phi) is 12.6. The second-order valence-corrected chi connectivity index (χ2v) is 7.26. The SMILES string of the molecule is CCNC(=NCC(=O)Nc1ccc(O)cc1)NCCC(C)N(C)Cc1ccccc1.I. The van der Waals surface area contributed by atoms with E-state index in [4.69, 9.17) is 0 Å². The van der Waals surface area contributed by atoms with Crippen LogP contribution >= 0.6 is 24.0 Å². The summed E-state index contributed by atoms with van der Waals surface area (Å²) in [5, 5.41) is 18.5. The first-order valence-electron chi connectivity index (χ1n) is 10.3. The molecule has 0 heterocycles. The number of nitrogens with zero attached hydrogens (tertiary/aromatic N) is 2. The lowest BCUT2D eigenvalue weighted by molar-refractivity contribution is -0.114. The number of anilines is 1. The molecule has 0 spiro atoms. The van der Waals surface area contributed by atoms with Gasteiger partial charge in [-0.2, -0.15) is 0 Å². The average molecular weight is 539 g/mol. The van der Waals surface area contributed by atoms with Crippen LogP contribution in [0.15, 0.2) is 59.6 Å². The Bertz CT molecular complexity index is 799. The minimum absolute atomic E-state index is 0. The summed E-state index contributed by atoms with van der Waals surface area (Å²) >= 11 is 0. The first-order valence-corrected chi connectivity index (χ1v) is 10.3. The first kappa shape index (κ1) is 26.7. The van der Waals surface area contributed by atoms with E-state index in [0.717, 1.165) is 26.1 Å². The molecule has 170 valence electrons. The highest BCUT2D eigenvalue weighted by atomic mass is 127. The van der Waals surface area contributed by atoms with Gasteiger partial charge in [-0.3, -0.25) is 9.69 Å². The smallest absolute Gasteiger partial charge is 0.246 e. The third-order valence-electron chi connectivity index (χ3n) is 4.76. The minimum atomic E-state index is -0.214. The normalized spacial score (nSPS) is 12.1. The number of amides is 1. The Morgan fingerprint density at radius 2 is 1.77 bits per heavy atom. The van der Waals surface area contributed by atoms with Crippen molar-refractivity contribution in [2.24, 2.45) is 4.99 Å². The molecule has 7 nitrogen and oxygen atoms in total. The van der Waals surface area contributed by atoms with Gasteiger partial charge in [0.05, 0.1) is 0 Å². The molecule has 1 atom stereocenters. The molecule has 0 aromatic heterocycles. The molecule has 0 fully saturated rings. The number of phenols is 1. The Balaban J connectivity index is 0.00000480. The van der Waals surface area contributed by atoms with Crippen molar-refractivity contribution in [1.29, 1.82) is 0 Å². The van der Waals surface area contributed by atoms with E-state index in [2.05, 4.69) is 64.1 Å². The molecular weight excluding hydrogens is 505 g/mol. The molecule has 0 radical (unpaired) electrons. The summed E-state index contributed by atoms with van der Waals surface area (Å²) in [6.07, 6.45) is 0.952. The van der Waals surface area contributed by atoms with Gasteiger partial charge >= 0.3 is 0 Å². The molecule has 0 bridgehead atoms. The number of aliphatic imine (C=N–C) groups is 1. The number of guanidine groups is 1. The van der Waals surface area contributed by atoms with Crippen molar-refractivity contribution < 1.29 is 9.90 Å². The maximum atomic E-state index is 12.1. The zero-order chi connectivity index (χ0) is 21.8. The number of carbonyl (C=O) groups excluding carboxylic acids is 1. The summed E-state index contributed by atoms with van der Waals surface area (Å²) < 4.78 is 0. The monoisotopic (exact) mass is 539 g/mol. The molecule has 8 heteroatoms. The molecule has 0 saturated heterocycles. The van der Waals surface area contributed by atoms with Crippen LogP contribution in [0.3, 0.4) is 0 Å². The fourth-order valence-corrected chi connectivity index (χ4v) is 2.88. The molecule has 0 aliphatic carbocycles. The fourth-order valence-electron chi connectivity index (χ4n) is 2.88. The van der Waals surface area contributed by atoms with Crippen LogP contribution < -0.4 is 16.0 Å². The predicted molar refractivity (Wildman–Crippen MR) is 138 cm³/mol. The maximum Gasteiger partial charge on any atom is 0.246 e. The molecule has 2 rings (SSSR count). The van der Waals surface area contributed by atoms with Crippen LogP contribution in [0.4, 0.5) is 5.69 Å². The van der Waals surface area contributed by atoms with E-state index >= 15 is 0 Å². The number of rotatable bonds is 10. The standard InChI is InChI=1S/C23H33N5O2.HI/c1-4-24-23(26-16-22(30)27-20-10-12-21(29)13-11-20)25-15-14-18(2)28(3)17-19-8-6-5-7-9-19;/h5-13,18,29H,4,14-17H2,1-3H3,(H,27,30)(H2,24,25,26);1H. The van der Waals surface area contributed by atoms with Gasteiger partial charge in [0.1, 0.15) is 12.3 Å². The van der Waals surface area contributed by atoms with E-state index < -0.39 is 0 Å². The Morgan fingerprint density at radius 3 is 2.42 bits per heavy atom. The molecule has 0 saturated carbocycles. The van der Waals surface area contributed by atoms with Crippen LogP contribution in [0.5, 0.6) is 5.75 Å². The molecule has 2 aromatic rings. The lowest BCUT2D eigenvalue weighted by Gasteiger charge is -2.25. The number of hydrogen-bond acceptors (Lipinski definition) is 4. The average Bonchev–Trinajstić information content (AvgIpc) is 2.74. The zero-order valence-electron chi connectivity index (χ0n) is 18.5. The van der Waals surface area contributed by atoms with Crippen LogP contribution in [-0.2, 0) is 11.3 Å². The van der Waals surface area contributed by atoms with Crippen LogP contribution in [0.25, 0.3) is 0 Å². The van der Waals surface area contributed by atoms with Crippen molar-refractivity contribution in [2.45, 2.75) is 32.9 Å². The van der Waals surface area contributed by atoms with Crippen molar-refractivity contribution in [2.75, 3.05) is 32.0 Å². The van der Waals surface area contributed by atoms with Crippen LogP contribution in [0.1, 0.15) is 25.8 Å². The van der Waals surface area contributed by atoms with E-state index in [0.29, 0.717) is 17.7 Å². The van der Waals surface area contributed by atoms with Gasteiger partial charge in [0.15, 0.2) is 5.96 Å². The number of carbonyl (C=O) groups is 1. The maximum absolute atomic E-state index is 12.1. The summed E-state index contributed by atoms with van der Waals surface area (Å²) in [6.45, 7) is 6.59. The molecule has 4 N–H and O–H groups in total. The minimum Gasteiger partial charge on any atom is -0.508 e. The van der Waals surface area contributed by atoms with E-state index in [1.807, 2.05) is 13.0 Å². The number of hydrogen-bond donors (Lipinski definition) is 4. The fraction of sp³-hybridized carbons (Fsp3) is 0.391. The molecule has 1 amide bonds. The highest BCUT2D eigenvalue weighted by Crippen LogP contribution is 2.13. The Morgan fingerprint density at radius 1 is 1.10 bits per heavy atom. The second kappa shape index (κ2) is 14.6. The largest absolute Gasteiger partial charge is 0.508 e. The molecule has 0 aliphatic rings. The third kappa shape index (κ3) is 10.5. The number of aromatic hydroxyl groups is 1. The number of nitrogens with one attached hydrogen (secondary N) is 3. The van der Waals surface area contributed by atoms with Crippen molar-refractivity contribution >= 4 is 41.5 Å². The van der Waals surface area contributed by atoms with Gasteiger partial charge in [-0.15, -0.1) is 24.0 Å². The van der Waals surface area contributed by atoms with Gasteiger partial charge < -0.3 is 21.1 Å². The van der Waals surface area contributed by atoms with Crippen molar-refractivity contribution in [3.05, 3.63) is 60.2 Å². The summed E-state index contributed by atoms with van der Waals surface area (Å²) in [5.41, 5.74) is 1.93. The first-order chi connectivity index (χ1) is 14.5. The lowest BCUT2D eigenvalue weighted by Crippen LogP contribution is -2.40. The van der Waals surface area contributed by atoms with E-state index in [-0.39, 0.29) is 42.2 Å². The Labute approximate surface area is 202 Å². The van der Waals surface area contributed by atoms with E-state index in [9.17, 15) is 9.90 Å².